The van der Waals surface area contributed by atoms with Crippen molar-refractivity contribution in [2.24, 2.45) is 11.1 Å². The van der Waals surface area contributed by atoms with E-state index in [-0.39, 0.29) is 11.0 Å². The number of benzene rings is 1. The molecule has 1 saturated carbocycles. The minimum absolute atomic E-state index is 0.0147. The molecule has 18 heavy (non-hydrogen) atoms. The van der Waals surface area contributed by atoms with Gasteiger partial charge >= 0.3 is 0 Å². The second kappa shape index (κ2) is 5.33. The molecular formula is C14H19F2NO. The van der Waals surface area contributed by atoms with E-state index in [1.807, 2.05) is 0 Å². The normalized spacial score (nSPS) is 20.3. The Kier molecular flexibility index (Phi) is 3.97. The predicted molar refractivity (Wildman–Crippen MR) is 66.3 cm³/mol. The van der Waals surface area contributed by atoms with Gasteiger partial charge in [0.05, 0.1) is 6.10 Å². The van der Waals surface area contributed by atoms with Crippen molar-refractivity contribution >= 4 is 0 Å². The van der Waals surface area contributed by atoms with E-state index in [9.17, 15) is 13.9 Å². The number of halogens is 2. The predicted octanol–water partition coefficient (Wildman–Crippen LogP) is 3.18. The third kappa shape index (κ3) is 2.40. The van der Waals surface area contributed by atoms with Gasteiger partial charge in [0, 0.05) is 17.5 Å². The van der Waals surface area contributed by atoms with Crippen LogP contribution >= 0.6 is 0 Å². The Morgan fingerprint density at radius 1 is 1.11 bits per heavy atom. The molecular weight excluding hydrogens is 236 g/mol. The van der Waals surface area contributed by atoms with Gasteiger partial charge in [-0.05, 0) is 18.4 Å². The zero-order chi connectivity index (χ0) is 13.2. The minimum Gasteiger partial charge on any atom is -0.388 e. The fraction of sp³-hybridized carbons (Fsp3) is 0.571. The van der Waals surface area contributed by atoms with Crippen LogP contribution in [0, 0.1) is 5.41 Å². The maximum Gasteiger partial charge on any atom is 0.263 e. The lowest BCUT2D eigenvalue weighted by Gasteiger charge is -2.33. The summed E-state index contributed by atoms with van der Waals surface area (Å²) in [5, 5.41) is 10.4. The molecule has 0 aromatic heterocycles. The molecule has 2 nitrogen and oxygen atoms in total. The van der Waals surface area contributed by atoms with Gasteiger partial charge < -0.3 is 10.8 Å². The first-order valence-electron chi connectivity index (χ1n) is 6.35. The second-order valence-corrected chi connectivity index (χ2v) is 5.14. The molecule has 1 unspecified atom stereocenters. The number of hydrogen-bond donors (Lipinski definition) is 2. The number of aliphatic hydroxyl groups is 1. The first kappa shape index (κ1) is 13.4. The molecule has 0 radical (unpaired) electrons. The van der Waals surface area contributed by atoms with Gasteiger partial charge in [-0.15, -0.1) is 0 Å². The first-order valence-corrected chi connectivity index (χ1v) is 6.35. The molecule has 0 heterocycles. The van der Waals surface area contributed by atoms with E-state index in [2.05, 4.69) is 0 Å². The van der Waals surface area contributed by atoms with Gasteiger partial charge in [-0.3, -0.25) is 0 Å². The molecule has 1 atom stereocenters. The Hall–Kier alpha value is -1.00. The van der Waals surface area contributed by atoms with Crippen molar-refractivity contribution in [1.29, 1.82) is 0 Å². The van der Waals surface area contributed by atoms with Crippen LogP contribution in [0.3, 0.4) is 0 Å². The van der Waals surface area contributed by atoms with Crippen molar-refractivity contribution in [2.75, 3.05) is 6.54 Å². The average molecular weight is 255 g/mol. The van der Waals surface area contributed by atoms with E-state index in [1.54, 1.807) is 12.1 Å². The zero-order valence-electron chi connectivity index (χ0n) is 10.3. The molecule has 1 fully saturated rings. The van der Waals surface area contributed by atoms with E-state index in [1.165, 1.54) is 12.1 Å². The van der Waals surface area contributed by atoms with Gasteiger partial charge in [-0.25, -0.2) is 8.78 Å². The number of hydrogen-bond acceptors (Lipinski definition) is 2. The lowest BCUT2D eigenvalue weighted by atomic mass is 9.77. The lowest BCUT2D eigenvalue weighted by Crippen LogP contribution is -2.34. The van der Waals surface area contributed by atoms with Crippen molar-refractivity contribution in [2.45, 2.75) is 38.2 Å². The standard InChI is InChI=1S/C14H19F2NO/c15-13(16)11-5-3-10(4-6-11)12(18)14(9-17)7-1-2-8-14/h3-6,12-13,18H,1-2,7-9,17H2. The third-order valence-corrected chi connectivity index (χ3v) is 4.09. The number of aliphatic hydroxyl groups excluding tert-OH is 1. The van der Waals surface area contributed by atoms with Crippen molar-refractivity contribution in [3.05, 3.63) is 35.4 Å². The molecule has 2 rings (SSSR count). The Morgan fingerprint density at radius 2 is 1.61 bits per heavy atom. The Bertz CT molecular complexity index is 385. The first-order chi connectivity index (χ1) is 8.59. The molecule has 100 valence electrons. The molecule has 1 aliphatic rings. The summed E-state index contributed by atoms with van der Waals surface area (Å²) >= 11 is 0. The number of rotatable bonds is 4. The highest BCUT2D eigenvalue weighted by Gasteiger charge is 2.40. The Balaban J connectivity index is 2.20. The Labute approximate surface area is 106 Å². The quantitative estimate of drug-likeness (QED) is 0.868. The summed E-state index contributed by atoms with van der Waals surface area (Å²) in [6.07, 6.45) is 0.831. The molecule has 0 amide bonds. The fourth-order valence-corrected chi connectivity index (χ4v) is 2.85. The molecule has 0 saturated heterocycles. The molecule has 4 heteroatoms. The third-order valence-electron chi connectivity index (χ3n) is 4.09. The van der Waals surface area contributed by atoms with Gasteiger partial charge in [0.15, 0.2) is 0 Å². The van der Waals surface area contributed by atoms with Crippen LogP contribution in [0.2, 0.25) is 0 Å². The molecule has 1 aromatic rings. The van der Waals surface area contributed by atoms with E-state index in [0.717, 1.165) is 25.7 Å². The van der Waals surface area contributed by atoms with E-state index in [0.29, 0.717) is 12.1 Å². The average Bonchev–Trinajstić information content (AvgIpc) is 2.88. The van der Waals surface area contributed by atoms with Gasteiger partial charge in [0.1, 0.15) is 0 Å². The molecule has 1 aliphatic carbocycles. The molecule has 1 aromatic carbocycles. The number of nitrogens with two attached hydrogens (primary N) is 1. The summed E-state index contributed by atoms with van der Waals surface area (Å²) in [7, 11) is 0. The summed E-state index contributed by atoms with van der Waals surface area (Å²) in [5.41, 5.74) is 6.21. The van der Waals surface area contributed by atoms with Gasteiger partial charge in [0.2, 0.25) is 0 Å². The van der Waals surface area contributed by atoms with Gasteiger partial charge in [0.25, 0.3) is 6.43 Å². The van der Waals surface area contributed by atoms with Gasteiger partial charge in [-0.1, -0.05) is 37.1 Å². The maximum atomic E-state index is 12.5. The summed E-state index contributed by atoms with van der Waals surface area (Å²) in [5.74, 6) is 0. The SMILES string of the molecule is NCC1(C(O)c2ccc(C(F)F)cc2)CCCC1. The van der Waals surface area contributed by atoms with E-state index < -0.39 is 12.5 Å². The Morgan fingerprint density at radius 3 is 2.06 bits per heavy atom. The van der Waals surface area contributed by atoms with Crippen molar-refractivity contribution in [3.8, 4) is 0 Å². The van der Waals surface area contributed by atoms with Crippen LogP contribution in [-0.2, 0) is 0 Å². The van der Waals surface area contributed by atoms with E-state index in [4.69, 9.17) is 5.73 Å². The van der Waals surface area contributed by atoms with Crippen LogP contribution in [0.1, 0.15) is 49.3 Å². The smallest absolute Gasteiger partial charge is 0.263 e. The summed E-state index contributed by atoms with van der Waals surface area (Å²) in [6, 6.07) is 5.93. The van der Waals surface area contributed by atoms with Crippen molar-refractivity contribution < 1.29 is 13.9 Å². The summed E-state index contributed by atoms with van der Waals surface area (Å²) < 4.78 is 24.9. The molecule has 0 bridgehead atoms. The van der Waals surface area contributed by atoms with Crippen LogP contribution in [0.25, 0.3) is 0 Å². The van der Waals surface area contributed by atoms with Crippen molar-refractivity contribution in [3.63, 3.8) is 0 Å². The van der Waals surface area contributed by atoms with E-state index >= 15 is 0 Å². The molecule has 0 spiro atoms. The highest BCUT2D eigenvalue weighted by molar-refractivity contribution is 5.26. The van der Waals surface area contributed by atoms with Crippen LogP contribution in [0.5, 0.6) is 0 Å². The number of alkyl halides is 2. The van der Waals surface area contributed by atoms with Gasteiger partial charge in [-0.2, -0.15) is 0 Å². The highest BCUT2D eigenvalue weighted by atomic mass is 19.3. The molecule has 3 N–H and O–H groups in total. The fourth-order valence-electron chi connectivity index (χ4n) is 2.85. The maximum absolute atomic E-state index is 12.5. The van der Waals surface area contributed by atoms with Crippen molar-refractivity contribution in [1.82, 2.24) is 0 Å². The zero-order valence-corrected chi connectivity index (χ0v) is 10.3. The molecule has 0 aliphatic heterocycles. The topological polar surface area (TPSA) is 46.2 Å². The minimum atomic E-state index is -2.47. The summed E-state index contributed by atoms with van der Waals surface area (Å²) in [4.78, 5) is 0. The van der Waals surface area contributed by atoms with Crippen LogP contribution in [-0.4, -0.2) is 11.7 Å². The summed E-state index contributed by atoms with van der Waals surface area (Å²) in [6.45, 7) is 0.435. The second-order valence-electron chi connectivity index (χ2n) is 5.14. The highest BCUT2D eigenvalue weighted by Crippen LogP contribution is 2.46. The lowest BCUT2D eigenvalue weighted by molar-refractivity contribution is 0.0332. The largest absolute Gasteiger partial charge is 0.388 e. The van der Waals surface area contributed by atoms with Crippen LogP contribution in [0.4, 0.5) is 8.78 Å². The van der Waals surface area contributed by atoms with Crippen LogP contribution < -0.4 is 5.73 Å². The van der Waals surface area contributed by atoms with Crippen LogP contribution in [0.15, 0.2) is 24.3 Å². The monoisotopic (exact) mass is 255 g/mol.